The largest absolute Gasteiger partial charge is 0.550 e. The molecule has 1 aromatic rings. The summed E-state index contributed by atoms with van der Waals surface area (Å²) >= 11 is 0. The van der Waals surface area contributed by atoms with Crippen molar-refractivity contribution in [3.05, 3.63) is 23.8 Å². The van der Waals surface area contributed by atoms with Crippen LogP contribution in [-0.2, 0) is 20.7 Å². The summed E-state index contributed by atoms with van der Waals surface area (Å²) in [4.78, 5) is 35.2. The second-order valence-electron chi connectivity index (χ2n) is 4.99. The lowest BCUT2D eigenvalue weighted by molar-refractivity contribution is -0.305. The van der Waals surface area contributed by atoms with E-state index in [1.165, 1.54) is 7.11 Å². The first-order chi connectivity index (χ1) is 10.5. The lowest BCUT2D eigenvalue weighted by Crippen LogP contribution is -2.35. The predicted octanol–water partition coefficient (Wildman–Crippen LogP) is 0.674. The lowest BCUT2D eigenvalue weighted by Gasteiger charge is -2.28. The minimum atomic E-state index is -1.26. The first kappa shape index (κ1) is 15.8. The zero-order valence-corrected chi connectivity index (χ0v) is 12.3. The molecule has 0 unspecified atom stereocenters. The average molecular weight is 305 g/mol. The topological polar surface area (TPSA) is 98.8 Å². The monoisotopic (exact) mass is 305 g/mol. The van der Waals surface area contributed by atoms with Crippen molar-refractivity contribution in [2.75, 3.05) is 23.9 Å². The summed E-state index contributed by atoms with van der Waals surface area (Å²) in [6.07, 6.45) is 0.753. The predicted molar refractivity (Wildman–Crippen MR) is 77.4 cm³/mol. The molecule has 1 heterocycles. The van der Waals surface area contributed by atoms with E-state index in [2.05, 4.69) is 5.32 Å². The number of fused-ring (bicyclic) bond motifs is 1. The zero-order valence-electron chi connectivity index (χ0n) is 12.3. The van der Waals surface area contributed by atoms with Gasteiger partial charge in [0.1, 0.15) is 0 Å². The van der Waals surface area contributed by atoms with Crippen molar-refractivity contribution < 1.29 is 24.2 Å². The number of carbonyl (C=O) groups excluding carboxylic acids is 3. The Hall–Kier alpha value is -2.57. The summed E-state index contributed by atoms with van der Waals surface area (Å²) in [7, 11) is 1.34. The van der Waals surface area contributed by atoms with Crippen molar-refractivity contribution in [3.8, 4) is 0 Å². The number of hydrogen-bond donors (Lipinski definition) is 1. The molecule has 1 aromatic carbocycles. The standard InChI is InChI=1S/C15H18N2O5/c1-22-15(21)17-8-2-3-10-9-11(4-5-12(10)17)16-13(18)6-7-14(19)20/h4-5,9H,2-3,6-8H2,1H3,(H,16,18)(H,19,20)/p-1. The summed E-state index contributed by atoms with van der Waals surface area (Å²) in [5.41, 5.74) is 2.29. The van der Waals surface area contributed by atoms with Crippen LogP contribution < -0.4 is 15.3 Å². The molecule has 0 fully saturated rings. The molecule has 0 saturated carbocycles. The summed E-state index contributed by atoms with van der Waals surface area (Å²) < 4.78 is 4.75. The van der Waals surface area contributed by atoms with Crippen molar-refractivity contribution in [2.45, 2.75) is 25.7 Å². The minimum absolute atomic E-state index is 0.131. The van der Waals surface area contributed by atoms with Gasteiger partial charge in [0.05, 0.1) is 12.8 Å². The third-order valence-electron chi connectivity index (χ3n) is 3.43. The fourth-order valence-electron chi connectivity index (χ4n) is 2.41. The van der Waals surface area contributed by atoms with Crippen LogP contribution in [0.15, 0.2) is 18.2 Å². The van der Waals surface area contributed by atoms with Gasteiger partial charge in [0.2, 0.25) is 5.91 Å². The molecular weight excluding hydrogens is 288 g/mol. The second kappa shape index (κ2) is 6.93. The van der Waals surface area contributed by atoms with Gasteiger partial charge >= 0.3 is 6.09 Å². The van der Waals surface area contributed by atoms with Crippen LogP contribution in [0.1, 0.15) is 24.8 Å². The van der Waals surface area contributed by atoms with Gasteiger partial charge in [-0.1, -0.05) is 0 Å². The Morgan fingerprint density at radius 1 is 1.32 bits per heavy atom. The number of anilines is 2. The first-order valence-electron chi connectivity index (χ1n) is 6.99. The van der Waals surface area contributed by atoms with Gasteiger partial charge < -0.3 is 20.0 Å². The SMILES string of the molecule is COC(=O)N1CCCc2cc(NC(=O)CCC(=O)[O-])ccc21. The van der Waals surface area contributed by atoms with Crippen molar-refractivity contribution in [2.24, 2.45) is 0 Å². The van der Waals surface area contributed by atoms with Gasteiger partial charge in [0, 0.05) is 24.6 Å². The van der Waals surface area contributed by atoms with E-state index in [4.69, 9.17) is 4.74 Å². The first-order valence-corrected chi connectivity index (χ1v) is 6.99. The molecule has 118 valence electrons. The molecule has 1 aliphatic heterocycles. The van der Waals surface area contributed by atoms with Gasteiger partial charge in [0.15, 0.2) is 0 Å². The number of nitrogens with one attached hydrogen (secondary N) is 1. The normalized spacial score (nSPS) is 13.2. The van der Waals surface area contributed by atoms with Gasteiger partial charge in [0.25, 0.3) is 0 Å². The number of aryl methyl sites for hydroxylation is 1. The van der Waals surface area contributed by atoms with Gasteiger partial charge in [-0.25, -0.2) is 4.79 Å². The number of aliphatic carboxylic acids is 1. The molecule has 2 rings (SSSR count). The van der Waals surface area contributed by atoms with E-state index in [0.29, 0.717) is 12.2 Å². The highest BCUT2D eigenvalue weighted by Crippen LogP contribution is 2.30. The number of ether oxygens (including phenoxy) is 1. The Kier molecular flexibility index (Phi) is 4.98. The van der Waals surface area contributed by atoms with E-state index >= 15 is 0 Å². The molecular formula is C15H17N2O5-. The fraction of sp³-hybridized carbons (Fsp3) is 0.400. The number of rotatable bonds is 4. The Labute approximate surface area is 127 Å². The van der Waals surface area contributed by atoms with Crippen molar-refractivity contribution in [1.82, 2.24) is 0 Å². The van der Waals surface area contributed by atoms with Crippen LogP contribution in [-0.4, -0.2) is 31.6 Å². The smallest absolute Gasteiger partial charge is 0.414 e. The number of methoxy groups -OCH3 is 1. The van der Waals surface area contributed by atoms with Gasteiger partial charge in [-0.3, -0.25) is 9.69 Å². The maximum Gasteiger partial charge on any atom is 0.414 e. The van der Waals surface area contributed by atoms with E-state index in [0.717, 1.165) is 24.1 Å². The van der Waals surface area contributed by atoms with Crippen LogP contribution in [0.4, 0.5) is 16.2 Å². The maximum atomic E-state index is 11.7. The van der Waals surface area contributed by atoms with Crippen LogP contribution in [0.2, 0.25) is 0 Å². The number of benzene rings is 1. The lowest BCUT2D eigenvalue weighted by atomic mass is 10.0. The quantitative estimate of drug-likeness (QED) is 0.881. The molecule has 0 spiro atoms. The molecule has 0 atom stereocenters. The Bertz CT molecular complexity index is 600. The number of hydrogen-bond acceptors (Lipinski definition) is 5. The maximum absolute atomic E-state index is 11.7. The molecule has 0 radical (unpaired) electrons. The van der Waals surface area contributed by atoms with Gasteiger partial charge in [-0.2, -0.15) is 0 Å². The highest BCUT2D eigenvalue weighted by atomic mass is 16.5. The van der Waals surface area contributed by atoms with Gasteiger partial charge in [-0.05, 0) is 43.0 Å². The number of amides is 2. The molecule has 1 aliphatic rings. The minimum Gasteiger partial charge on any atom is -0.550 e. The van der Waals surface area contributed by atoms with Crippen LogP contribution in [0, 0.1) is 0 Å². The van der Waals surface area contributed by atoms with E-state index in [1.807, 2.05) is 0 Å². The molecule has 22 heavy (non-hydrogen) atoms. The zero-order chi connectivity index (χ0) is 16.1. The summed E-state index contributed by atoms with van der Waals surface area (Å²) in [6, 6.07) is 5.22. The molecule has 7 nitrogen and oxygen atoms in total. The van der Waals surface area contributed by atoms with E-state index in [9.17, 15) is 19.5 Å². The summed E-state index contributed by atoms with van der Waals surface area (Å²) in [5.74, 6) is -1.64. The second-order valence-corrected chi connectivity index (χ2v) is 4.99. The number of carboxylic acids is 1. The van der Waals surface area contributed by atoms with Crippen LogP contribution in [0.3, 0.4) is 0 Å². The van der Waals surface area contributed by atoms with Gasteiger partial charge in [-0.15, -0.1) is 0 Å². The van der Waals surface area contributed by atoms with Crippen molar-refractivity contribution in [1.29, 1.82) is 0 Å². The molecule has 0 saturated heterocycles. The van der Waals surface area contributed by atoms with Crippen molar-refractivity contribution in [3.63, 3.8) is 0 Å². The highest BCUT2D eigenvalue weighted by Gasteiger charge is 2.23. The molecule has 0 aromatic heterocycles. The van der Waals surface area contributed by atoms with Crippen LogP contribution in [0.5, 0.6) is 0 Å². The Balaban J connectivity index is 2.09. The Morgan fingerprint density at radius 2 is 2.09 bits per heavy atom. The molecule has 7 heteroatoms. The van der Waals surface area contributed by atoms with E-state index < -0.39 is 12.1 Å². The molecule has 0 aliphatic carbocycles. The third-order valence-corrected chi connectivity index (χ3v) is 3.43. The summed E-state index contributed by atoms with van der Waals surface area (Å²) in [5, 5.41) is 13.0. The Morgan fingerprint density at radius 3 is 2.77 bits per heavy atom. The fourth-order valence-corrected chi connectivity index (χ4v) is 2.41. The van der Waals surface area contributed by atoms with Crippen LogP contribution >= 0.6 is 0 Å². The molecule has 2 amide bonds. The summed E-state index contributed by atoms with van der Waals surface area (Å²) in [6.45, 7) is 0.594. The number of nitrogens with zero attached hydrogens (tertiary/aromatic N) is 1. The molecule has 1 N–H and O–H groups in total. The average Bonchev–Trinajstić information content (AvgIpc) is 2.51. The molecule has 0 bridgehead atoms. The number of carboxylic acid groups (broad SMARTS) is 1. The highest BCUT2D eigenvalue weighted by molar-refractivity contribution is 5.94. The van der Waals surface area contributed by atoms with Crippen LogP contribution in [0.25, 0.3) is 0 Å². The van der Waals surface area contributed by atoms with E-state index in [-0.39, 0.29) is 18.7 Å². The van der Waals surface area contributed by atoms with Crippen molar-refractivity contribution >= 4 is 29.3 Å². The number of carbonyl (C=O) groups is 3. The van der Waals surface area contributed by atoms with E-state index in [1.54, 1.807) is 23.1 Å². The third kappa shape index (κ3) is 3.75.